The van der Waals surface area contributed by atoms with Crippen molar-refractivity contribution in [2.75, 3.05) is 26.4 Å². The Kier molecular flexibility index (Phi) is 5.58. The third-order valence-corrected chi connectivity index (χ3v) is 4.11. The summed E-state index contributed by atoms with van der Waals surface area (Å²) < 4.78 is 10.8. The fourth-order valence-corrected chi connectivity index (χ4v) is 2.70. The summed E-state index contributed by atoms with van der Waals surface area (Å²) in [6.45, 7) is 3.89. The van der Waals surface area contributed by atoms with Crippen molar-refractivity contribution in [3.63, 3.8) is 0 Å². The summed E-state index contributed by atoms with van der Waals surface area (Å²) >= 11 is 0. The van der Waals surface area contributed by atoms with Gasteiger partial charge in [-0.2, -0.15) is 0 Å². The Balaban J connectivity index is 1.74. The molecular weight excluding hydrogens is 318 g/mol. The summed E-state index contributed by atoms with van der Waals surface area (Å²) in [5.74, 6) is -0.451. The van der Waals surface area contributed by atoms with Crippen LogP contribution >= 0.6 is 0 Å². The van der Waals surface area contributed by atoms with Crippen LogP contribution in [-0.2, 0) is 9.47 Å². The Labute approximate surface area is 147 Å². The molecule has 2 aromatic rings. The highest BCUT2D eigenvalue weighted by molar-refractivity contribution is 6.15. The average Bonchev–Trinajstić information content (AvgIpc) is 2.67. The van der Waals surface area contributed by atoms with Crippen molar-refractivity contribution in [3.8, 4) is 0 Å². The zero-order valence-corrected chi connectivity index (χ0v) is 14.2. The number of benzene rings is 2. The van der Waals surface area contributed by atoms with Crippen molar-refractivity contribution in [1.29, 1.82) is 0 Å². The van der Waals surface area contributed by atoms with E-state index in [1.165, 1.54) is 0 Å². The quantitative estimate of drug-likeness (QED) is 0.850. The van der Waals surface area contributed by atoms with Gasteiger partial charge in [-0.15, -0.1) is 0 Å². The maximum atomic E-state index is 12.8. The highest BCUT2D eigenvalue weighted by Gasteiger charge is 2.20. The molecule has 25 heavy (non-hydrogen) atoms. The van der Waals surface area contributed by atoms with Crippen molar-refractivity contribution in [2.24, 2.45) is 0 Å². The third kappa shape index (κ3) is 4.32. The fraction of sp³-hybridized carbons (Fsp3) is 0.300. The lowest BCUT2D eigenvalue weighted by Crippen LogP contribution is -2.40. The van der Waals surface area contributed by atoms with E-state index >= 15 is 0 Å². The molecule has 0 bridgehead atoms. The lowest BCUT2D eigenvalue weighted by Gasteiger charge is -2.23. The maximum Gasteiger partial charge on any atom is 0.252 e. The largest absolute Gasteiger partial charge is 0.376 e. The van der Waals surface area contributed by atoms with Gasteiger partial charge in [0.05, 0.1) is 31.5 Å². The average molecular weight is 339 g/mol. The Bertz CT molecular complexity index is 749. The molecule has 1 heterocycles. The van der Waals surface area contributed by atoms with E-state index in [2.05, 4.69) is 5.32 Å². The van der Waals surface area contributed by atoms with Crippen molar-refractivity contribution >= 4 is 11.7 Å². The molecule has 0 aliphatic carbocycles. The predicted octanol–water partition coefficient (Wildman–Crippen LogP) is 2.37. The first kappa shape index (κ1) is 17.3. The van der Waals surface area contributed by atoms with Crippen LogP contribution in [0.1, 0.15) is 31.8 Å². The molecule has 1 atom stereocenters. The molecule has 1 saturated heterocycles. The molecule has 1 aliphatic rings. The molecule has 0 unspecified atom stereocenters. The minimum Gasteiger partial charge on any atom is -0.376 e. The zero-order chi connectivity index (χ0) is 17.6. The molecule has 3 rings (SSSR count). The van der Waals surface area contributed by atoms with Crippen LogP contribution in [0.2, 0.25) is 0 Å². The first-order valence-corrected chi connectivity index (χ1v) is 8.33. The van der Waals surface area contributed by atoms with Crippen molar-refractivity contribution in [3.05, 3.63) is 70.8 Å². The Morgan fingerprint density at radius 2 is 1.76 bits per heavy atom. The number of amides is 1. The van der Waals surface area contributed by atoms with E-state index in [0.29, 0.717) is 43.1 Å². The molecular formula is C20H21NO4. The Morgan fingerprint density at radius 3 is 2.44 bits per heavy atom. The topological polar surface area (TPSA) is 64.6 Å². The van der Waals surface area contributed by atoms with Gasteiger partial charge in [-0.1, -0.05) is 48.0 Å². The van der Waals surface area contributed by atoms with Crippen LogP contribution in [0, 0.1) is 6.92 Å². The summed E-state index contributed by atoms with van der Waals surface area (Å²) in [6.07, 6.45) is -0.155. The second-order valence-electron chi connectivity index (χ2n) is 6.02. The summed E-state index contributed by atoms with van der Waals surface area (Å²) in [6, 6.07) is 14.2. The van der Waals surface area contributed by atoms with Gasteiger partial charge >= 0.3 is 0 Å². The van der Waals surface area contributed by atoms with Gasteiger partial charge in [0.15, 0.2) is 5.78 Å². The molecule has 0 radical (unpaired) electrons. The first-order chi connectivity index (χ1) is 12.1. The fourth-order valence-electron chi connectivity index (χ4n) is 2.70. The number of ether oxygens (including phenoxy) is 2. The molecule has 1 amide bonds. The van der Waals surface area contributed by atoms with Crippen LogP contribution in [0.4, 0.5) is 0 Å². The summed E-state index contributed by atoms with van der Waals surface area (Å²) in [5.41, 5.74) is 2.40. The lowest BCUT2D eigenvalue weighted by molar-refractivity contribution is -0.0855. The number of hydrogen-bond donors (Lipinski definition) is 1. The molecule has 2 aromatic carbocycles. The molecule has 130 valence electrons. The van der Waals surface area contributed by atoms with Gasteiger partial charge in [-0.05, 0) is 13.0 Å². The van der Waals surface area contributed by atoms with Crippen LogP contribution in [0.3, 0.4) is 0 Å². The normalized spacial score (nSPS) is 17.1. The van der Waals surface area contributed by atoms with Crippen LogP contribution < -0.4 is 5.32 Å². The van der Waals surface area contributed by atoms with E-state index in [9.17, 15) is 9.59 Å². The summed E-state index contributed by atoms with van der Waals surface area (Å²) in [4.78, 5) is 25.3. The third-order valence-electron chi connectivity index (χ3n) is 4.11. The van der Waals surface area contributed by atoms with Gasteiger partial charge in [-0.25, -0.2) is 0 Å². The number of ketones is 1. The molecule has 0 saturated carbocycles. The number of carbonyl (C=O) groups excluding carboxylic acids is 2. The monoisotopic (exact) mass is 339 g/mol. The Morgan fingerprint density at radius 1 is 1.04 bits per heavy atom. The number of nitrogens with one attached hydrogen (secondary N) is 1. The second-order valence-corrected chi connectivity index (χ2v) is 6.02. The van der Waals surface area contributed by atoms with Gasteiger partial charge in [-0.3, -0.25) is 9.59 Å². The highest BCUT2D eigenvalue weighted by Crippen LogP contribution is 2.15. The number of carbonyl (C=O) groups is 2. The van der Waals surface area contributed by atoms with E-state index in [1.807, 2.05) is 19.1 Å². The smallest absolute Gasteiger partial charge is 0.252 e. The van der Waals surface area contributed by atoms with Crippen molar-refractivity contribution in [2.45, 2.75) is 13.0 Å². The van der Waals surface area contributed by atoms with E-state index in [4.69, 9.17) is 9.47 Å². The van der Waals surface area contributed by atoms with E-state index in [0.717, 1.165) is 5.56 Å². The maximum absolute atomic E-state index is 12.8. The molecule has 1 fully saturated rings. The first-order valence-electron chi connectivity index (χ1n) is 8.33. The van der Waals surface area contributed by atoms with Gasteiger partial charge in [0.2, 0.25) is 0 Å². The Hall–Kier alpha value is -2.50. The predicted molar refractivity (Wildman–Crippen MR) is 93.9 cm³/mol. The van der Waals surface area contributed by atoms with E-state index in [-0.39, 0.29) is 17.8 Å². The van der Waals surface area contributed by atoms with Gasteiger partial charge in [0.1, 0.15) is 0 Å². The number of hydrogen-bond acceptors (Lipinski definition) is 4. The highest BCUT2D eigenvalue weighted by atomic mass is 16.6. The summed E-state index contributed by atoms with van der Waals surface area (Å²) in [7, 11) is 0. The SMILES string of the molecule is Cc1ccc(C(=O)c2ccccc2C(=O)NC[C@H]2COCCO2)cc1. The van der Waals surface area contributed by atoms with E-state index < -0.39 is 0 Å². The molecule has 0 spiro atoms. The number of rotatable bonds is 5. The van der Waals surface area contributed by atoms with Crippen LogP contribution in [0.25, 0.3) is 0 Å². The van der Waals surface area contributed by atoms with Crippen LogP contribution in [0.5, 0.6) is 0 Å². The van der Waals surface area contributed by atoms with Gasteiger partial charge in [0, 0.05) is 17.7 Å². The lowest BCUT2D eigenvalue weighted by atomic mass is 9.97. The van der Waals surface area contributed by atoms with Crippen molar-refractivity contribution in [1.82, 2.24) is 5.32 Å². The van der Waals surface area contributed by atoms with Crippen LogP contribution in [-0.4, -0.2) is 44.2 Å². The minimum atomic E-state index is -0.287. The standard InChI is InChI=1S/C20H21NO4/c1-14-6-8-15(9-7-14)19(22)17-4-2-3-5-18(17)20(23)21-12-16-13-24-10-11-25-16/h2-9,16H,10-13H2,1H3,(H,21,23)/t16-/m0/s1. The molecule has 0 aromatic heterocycles. The molecule has 1 N–H and O–H groups in total. The van der Waals surface area contributed by atoms with E-state index in [1.54, 1.807) is 36.4 Å². The molecule has 1 aliphatic heterocycles. The zero-order valence-electron chi connectivity index (χ0n) is 14.2. The second kappa shape index (κ2) is 8.05. The van der Waals surface area contributed by atoms with Crippen LogP contribution in [0.15, 0.2) is 48.5 Å². The summed E-state index contributed by atoms with van der Waals surface area (Å²) in [5, 5.41) is 2.83. The molecule has 5 nitrogen and oxygen atoms in total. The van der Waals surface area contributed by atoms with Gasteiger partial charge in [0.25, 0.3) is 5.91 Å². The minimum absolute atomic E-state index is 0.155. The van der Waals surface area contributed by atoms with Crippen molar-refractivity contribution < 1.29 is 19.1 Å². The number of aryl methyl sites for hydroxylation is 1. The van der Waals surface area contributed by atoms with Gasteiger partial charge < -0.3 is 14.8 Å². The molecule has 5 heteroatoms.